The lowest BCUT2D eigenvalue weighted by Crippen LogP contribution is -2.33. The van der Waals surface area contributed by atoms with E-state index in [2.05, 4.69) is 36.1 Å². The first-order chi connectivity index (χ1) is 8.25. The molecule has 1 saturated heterocycles. The molecule has 17 heavy (non-hydrogen) atoms. The van der Waals surface area contributed by atoms with Crippen molar-refractivity contribution >= 4 is 27.7 Å². The Morgan fingerprint density at radius 1 is 1.35 bits per heavy atom. The summed E-state index contributed by atoms with van der Waals surface area (Å²) in [5, 5.41) is 3.28. The monoisotopic (exact) mass is 299 g/mol. The van der Waals surface area contributed by atoms with Crippen LogP contribution in [0.15, 0.2) is 10.7 Å². The maximum absolute atomic E-state index is 5.55. The molecule has 5 nitrogen and oxygen atoms in total. The molecule has 0 amide bonds. The summed E-state index contributed by atoms with van der Waals surface area (Å²) in [7, 11) is 0. The second-order valence-electron chi connectivity index (χ2n) is 4.25. The molecular weight excluding hydrogens is 282 g/mol. The van der Waals surface area contributed by atoms with Gasteiger partial charge in [-0.05, 0) is 41.9 Å². The van der Waals surface area contributed by atoms with E-state index in [1.807, 2.05) is 0 Å². The van der Waals surface area contributed by atoms with Crippen molar-refractivity contribution in [1.82, 2.24) is 14.9 Å². The van der Waals surface area contributed by atoms with E-state index in [0.29, 0.717) is 5.95 Å². The number of rotatable bonds is 4. The Bertz CT molecular complexity index is 365. The van der Waals surface area contributed by atoms with Crippen LogP contribution in [-0.4, -0.2) is 41.0 Å². The van der Waals surface area contributed by atoms with Crippen LogP contribution in [-0.2, 0) is 0 Å². The molecule has 0 aromatic carbocycles. The predicted molar refractivity (Wildman–Crippen MR) is 72.9 cm³/mol. The summed E-state index contributed by atoms with van der Waals surface area (Å²) in [5.74, 6) is 1.07. The molecule has 2 heterocycles. The highest BCUT2D eigenvalue weighted by Gasteiger charge is 2.09. The van der Waals surface area contributed by atoms with Gasteiger partial charge >= 0.3 is 0 Å². The molecular formula is C11H18BrN5. The number of hydrogen-bond donors (Lipinski definition) is 2. The van der Waals surface area contributed by atoms with Crippen molar-refractivity contribution in [2.45, 2.75) is 19.3 Å². The zero-order chi connectivity index (χ0) is 12.1. The fraction of sp³-hybridized carbons (Fsp3) is 0.636. The Morgan fingerprint density at radius 2 is 2.12 bits per heavy atom. The van der Waals surface area contributed by atoms with Gasteiger partial charge in [0, 0.05) is 19.3 Å². The van der Waals surface area contributed by atoms with E-state index in [-0.39, 0.29) is 0 Å². The summed E-state index contributed by atoms with van der Waals surface area (Å²) in [6.07, 6.45) is 5.69. The predicted octanol–water partition coefficient (Wildman–Crippen LogP) is 1.72. The van der Waals surface area contributed by atoms with Crippen molar-refractivity contribution in [2.24, 2.45) is 0 Å². The average Bonchev–Trinajstić information content (AvgIpc) is 2.35. The lowest BCUT2D eigenvalue weighted by Gasteiger charge is -2.26. The summed E-state index contributed by atoms with van der Waals surface area (Å²) in [5.41, 5.74) is 5.55. The third kappa shape index (κ3) is 3.81. The first-order valence-electron chi connectivity index (χ1n) is 6.00. The van der Waals surface area contributed by atoms with Gasteiger partial charge in [-0.2, -0.15) is 4.98 Å². The molecule has 1 fully saturated rings. The minimum absolute atomic E-state index is 0.300. The normalized spacial score (nSPS) is 17.0. The van der Waals surface area contributed by atoms with Gasteiger partial charge in [-0.15, -0.1) is 0 Å². The van der Waals surface area contributed by atoms with Crippen molar-refractivity contribution in [3.8, 4) is 0 Å². The van der Waals surface area contributed by atoms with Crippen molar-refractivity contribution in [3.05, 3.63) is 10.7 Å². The number of likely N-dealkylation sites (tertiary alicyclic amines) is 1. The average molecular weight is 300 g/mol. The van der Waals surface area contributed by atoms with Gasteiger partial charge in [0.25, 0.3) is 0 Å². The van der Waals surface area contributed by atoms with Crippen LogP contribution in [0.2, 0.25) is 0 Å². The molecule has 0 bridgehead atoms. The van der Waals surface area contributed by atoms with E-state index in [0.717, 1.165) is 23.4 Å². The van der Waals surface area contributed by atoms with E-state index < -0.39 is 0 Å². The number of hydrogen-bond acceptors (Lipinski definition) is 5. The molecule has 0 spiro atoms. The maximum Gasteiger partial charge on any atom is 0.221 e. The summed E-state index contributed by atoms with van der Waals surface area (Å²) >= 11 is 3.40. The quantitative estimate of drug-likeness (QED) is 0.886. The highest BCUT2D eigenvalue weighted by molar-refractivity contribution is 9.10. The summed E-state index contributed by atoms with van der Waals surface area (Å²) in [4.78, 5) is 10.5. The van der Waals surface area contributed by atoms with E-state index >= 15 is 0 Å². The molecule has 0 unspecified atom stereocenters. The maximum atomic E-state index is 5.55. The summed E-state index contributed by atoms with van der Waals surface area (Å²) < 4.78 is 0.852. The number of nitrogens with two attached hydrogens (primary N) is 1. The molecule has 2 rings (SSSR count). The zero-order valence-corrected chi connectivity index (χ0v) is 11.4. The Morgan fingerprint density at radius 3 is 2.88 bits per heavy atom. The standard InChI is InChI=1S/C11H18BrN5/c12-9-8-15-11(13)16-10(9)14-4-7-17-5-2-1-3-6-17/h8H,1-7H2,(H3,13,14,15,16). The highest BCUT2D eigenvalue weighted by Crippen LogP contribution is 2.18. The lowest BCUT2D eigenvalue weighted by molar-refractivity contribution is 0.237. The Kier molecular flexibility index (Phi) is 4.56. The van der Waals surface area contributed by atoms with Gasteiger partial charge in [0.15, 0.2) is 0 Å². The number of aromatic nitrogens is 2. The van der Waals surface area contributed by atoms with Crippen molar-refractivity contribution in [3.63, 3.8) is 0 Å². The fourth-order valence-electron chi connectivity index (χ4n) is 2.02. The van der Waals surface area contributed by atoms with Gasteiger partial charge in [0.2, 0.25) is 5.95 Å². The highest BCUT2D eigenvalue weighted by atomic mass is 79.9. The lowest BCUT2D eigenvalue weighted by atomic mass is 10.1. The largest absolute Gasteiger partial charge is 0.368 e. The van der Waals surface area contributed by atoms with Gasteiger partial charge in [-0.1, -0.05) is 6.42 Å². The number of nitrogens with zero attached hydrogens (tertiary/aromatic N) is 3. The third-order valence-electron chi connectivity index (χ3n) is 2.93. The van der Waals surface area contributed by atoms with E-state index in [9.17, 15) is 0 Å². The van der Waals surface area contributed by atoms with E-state index in [1.165, 1.54) is 32.4 Å². The first-order valence-corrected chi connectivity index (χ1v) is 6.79. The molecule has 1 aromatic rings. The van der Waals surface area contributed by atoms with Crippen LogP contribution in [0.4, 0.5) is 11.8 Å². The zero-order valence-electron chi connectivity index (χ0n) is 9.82. The molecule has 3 N–H and O–H groups in total. The fourth-order valence-corrected chi connectivity index (χ4v) is 2.35. The smallest absolute Gasteiger partial charge is 0.221 e. The van der Waals surface area contributed by atoms with Gasteiger partial charge in [-0.25, -0.2) is 4.98 Å². The SMILES string of the molecule is Nc1ncc(Br)c(NCCN2CCCCC2)n1. The number of nitrogens with one attached hydrogen (secondary N) is 1. The third-order valence-corrected chi connectivity index (χ3v) is 3.51. The molecule has 0 saturated carbocycles. The molecule has 1 aromatic heterocycles. The minimum atomic E-state index is 0.300. The Labute approximate surface area is 110 Å². The van der Waals surface area contributed by atoms with E-state index in [1.54, 1.807) is 6.20 Å². The summed E-state index contributed by atoms with van der Waals surface area (Å²) in [6.45, 7) is 4.37. The second-order valence-corrected chi connectivity index (χ2v) is 5.11. The molecule has 1 aliphatic heterocycles. The van der Waals surface area contributed by atoms with Crippen molar-refractivity contribution < 1.29 is 0 Å². The number of piperidine rings is 1. The van der Waals surface area contributed by atoms with Gasteiger partial charge in [-0.3, -0.25) is 0 Å². The Hall–Kier alpha value is -0.880. The van der Waals surface area contributed by atoms with Crippen LogP contribution in [0.25, 0.3) is 0 Å². The topological polar surface area (TPSA) is 67.1 Å². The molecule has 0 radical (unpaired) electrons. The molecule has 6 heteroatoms. The van der Waals surface area contributed by atoms with Gasteiger partial charge in [0.1, 0.15) is 5.82 Å². The molecule has 0 aliphatic carbocycles. The number of nitrogen functional groups attached to an aromatic ring is 1. The van der Waals surface area contributed by atoms with Gasteiger partial charge in [0.05, 0.1) is 4.47 Å². The number of anilines is 2. The first kappa shape index (κ1) is 12.6. The Balaban J connectivity index is 1.79. The van der Waals surface area contributed by atoms with Crippen LogP contribution in [0.3, 0.4) is 0 Å². The van der Waals surface area contributed by atoms with Crippen molar-refractivity contribution in [2.75, 3.05) is 37.2 Å². The van der Waals surface area contributed by atoms with Crippen molar-refractivity contribution in [1.29, 1.82) is 0 Å². The minimum Gasteiger partial charge on any atom is -0.368 e. The molecule has 0 atom stereocenters. The van der Waals surface area contributed by atoms with Crippen LogP contribution in [0.5, 0.6) is 0 Å². The van der Waals surface area contributed by atoms with Crippen LogP contribution in [0.1, 0.15) is 19.3 Å². The van der Waals surface area contributed by atoms with E-state index in [4.69, 9.17) is 5.73 Å². The van der Waals surface area contributed by atoms with Crippen LogP contribution < -0.4 is 11.1 Å². The molecule has 1 aliphatic rings. The second kappa shape index (κ2) is 6.16. The van der Waals surface area contributed by atoms with Crippen LogP contribution in [0, 0.1) is 0 Å². The van der Waals surface area contributed by atoms with Crippen LogP contribution >= 0.6 is 15.9 Å². The van der Waals surface area contributed by atoms with Gasteiger partial charge < -0.3 is 16.0 Å². The number of halogens is 1. The summed E-state index contributed by atoms with van der Waals surface area (Å²) in [6, 6.07) is 0. The molecule has 94 valence electrons.